The number of likely N-dealkylation sites (tertiary alicyclic amines) is 2. The number of hydrogen-bond donors (Lipinski definition) is 0. The number of hydrogen-bond acceptors (Lipinski definition) is 3. The van der Waals surface area contributed by atoms with Crippen LogP contribution in [0.5, 0.6) is 0 Å². The standard InChI is InChI=1S/C24H46N2O/c1-19(2)15-22-7-12-26(13-8-22)24-16-23(17-24)18-25-10-5-21(6-11-25)9-14-27-20(3)4/h19-24H,5-18H2,1-4H3. The van der Waals surface area contributed by atoms with Gasteiger partial charge in [-0.1, -0.05) is 13.8 Å². The van der Waals surface area contributed by atoms with Crippen LogP contribution in [0.1, 0.15) is 79.1 Å². The van der Waals surface area contributed by atoms with Crippen molar-refractivity contribution in [3.05, 3.63) is 0 Å². The summed E-state index contributed by atoms with van der Waals surface area (Å²) in [4.78, 5) is 5.59. The Labute approximate surface area is 169 Å². The molecule has 0 amide bonds. The molecule has 0 aromatic carbocycles. The molecule has 1 saturated carbocycles. The van der Waals surface area contributed by atoms with E-state index < -0.39 is 0 Å². The Kier molecular flexibility index (Phi) is 8.47. The Bertz CT molecular complexity index is 403. The molecule has 3 fully saturated rings. The predicted octanol–water partition coefficient (Wildman–Crippen LogP) is 5.05. The van der Waals surface area contributed by atoms with Crippen LogP contribution in [-0.2, 0) is 4.74 Å². The summed E-state index contributed by atoms with van der Waals surface area (Å²) in [5, 5.41) is 0. The van der Waals surface area contributed by atoms with Crippen molar-refractivity contribution in [1.29, 1.82) is 0 Å². The van der Waals surface area contributed by atoms with E-state index in [9.17, 15) is 0 Å². The van der Waals surface area contributed by atoms with Crippen molar-refractivity contribution >= 4 is 0 Å². The van der Waals surface area contributed by atoms with Crippen molar-refractivity contribution in [2.45, 2.75) is 91.2 Å². The van der Waals surface area contributed by atoms with Crippen molar-refractivity contribution in [1.82, 2.24) is 9.80 Å². The van der Waals surface area contributed by atoms with Crippen LogP contribution in [0.25, 0.3) is 0 Å². The molecule has 0 radical (unpaired) electrons. The van der Waals surface area contributed by atoms with Crippen molar-refractivity contribution < 1.29 is 4.74 Å². The quantitative estimate of drug-likeness (QED) is 0.558. The summed E-state index contributed by atoms with van der Waals surface area (Å²) in [6.07, 6.45) is 11.7. The maximum absolute atomic E-state index is 5.74. The molecule has 3 rings (SSSR count). The minimum Gasteiger partial charge on any atom is -0.379 e. The van der Waals surface area contributed by atoms with Gasteiger partial charge in [-0.2, -0.15) is 0 Å². The lowest BCUT2D eigenvalue weighted by atomic mass is 9.77. The highest BCUT2D eigenvalue weighted by atomic mass is 16.5. The zero-order chi connectivity index (χ0) is 19.2. The number of rotatable bonds is 9. The molecule has 0 aromatic rings. The van der Waals surface area contributed by atoms with E-state index in [4.69, 9.17) is 4.74 Å². The van der Waals surface area contributed by atoms with Crippen molar-refractivity contribution in [2.75, 3.05) is 39.3 Å². The van der Waals surface area contributed by atoms with Gasteiger partial charge in [-0.25, -0.2) is 0 Å². The van der Waals surface area contributed by atoms with Gasteiger partial charge in [0.1, 0.15) is 0 Å². The lowest BCUT2D eigenvalue weighted by Crippen LogP contribution is -2.51. The van der Waals surface area contributed by atoms with Crippen LogP contribution in [0, 0.1) is 23.7 Å². The van der Waals surface area contributed by atoms with E-state index in [0.29, 0.717) is 6.10 Å². The van der Waals surface area contributed by atoms with E-state index >= 15 is 0 Å². The van der Waals surface area contributed by atoms with Gasteiger partial charge < -0.3 is 14.5 Å². The minimum atomic E-state index is 0.387. The molecule has 0 spiro atoms. The smallest absolute Gasteiger partial charge is 0.0518 e. The van der Waals surface area contributed by atoms with Crippen LogP contribution in [0.15, 0.2) is 0 Å². The maximum atomic E-state index is 5.74. The molecule has 2 aliphatic heterocycles. The zero-order valence-electron chi connectivity index (χ0n) is 18.7. The van der Waals surface area contributed by atoms with E-state index in [1.165, 1.54) is 84.1 Å². The summed E-state index contributed by atoms with van der Waals surface area (Å²) < 4.78 is 5.74. The second kappa shape index (κ2) is 10.6. The van der Waals surface area contributed by atoms with Gasteiger partial charge in [0, 0.05) is 19.2 Å². The van der Waals surface area contributed by atoms with Crippen LogP contribution in [0.4, 0.5) is 0 Å². The maximum Gasteiger partial charge on any atom is 0.0518 e. The molecule has 27 heavy (non-hydrogen) atoms. The summed E-state index contributed by atoms with van der Waals surface area (Å²) in [5.74, 6) is 3.76. The lowest BCUT2D eigenvalue weighted by Gasteiger charge is -2.47. The highest BCUT2D eigenvalue weighted by Gasteiger charge is 2.36. The minimum absolute atomic E-state index is 0.387. The zero-order valence-corrected chi connectivity index (χ0v) is 18.7. The first-order valence-corrected chi connectivity index (χ1v) is 12.1. The average molecular weight is 379 g/mol. The number of ether oxygens (including phenoxy) is 1. The third-order valence-electron chi connectivity index (χ3n) is 7.38. The van der Waals surface area contributed by atoms with E-state index in [2.05, 4.69) is 37.5 Å². The monoisotopic (exact) mass is 378 g/mol. The molecule has 3 heteroatoms. The van der Waals surface area contributed by atoms with E-state index in [1.54, 1.807) is 0 Å². The van der Waals surface area contributed by atoms with Gasteiger partial charge in [-0.15, -0.1) is 0 Å². The molecule has 3 nitrogen and oxygen atoms in total. The Hall–Kier alpha value is -0.120. The highest BCUT2D eigenvalue weighted by Crippen LogP contribution is 2.36. The largest absolute Gasteiger partial charge is 0.379 e. The molecule has 158 valence electrons. The lowest BCUT2D eigenvalue weighted by molar-refractivity contribution is 0.0222. The van der Waals surface area contributed by atoms with Gasteiger partial charge in [0.2, 0.25) is 0 Å². The summed E-state index contributed by atoms with van der Waals surface area (Å²) in [6, 6.07) is 0.917. The van der Waals surface area contributed by atoms with Gasteiger partial charge >= 0.3 is 0 Å². The normalized spacial score (nSPS) is 29.6. The Balaban J connectivity index is 1.24. The third-order valence-corrected chi connectivity index (χ3v) is 7.38. The molecule has 3 aliphatic rings. The van der Waals surface area contributed by atoms with Crippen molar-refractivity contribution in [3.8, 4) is 0 Å². The molecule has 0 bridgehead atoms. The fourth-order valence-corrected chi connectivity index (χ4v) is 5.66. The second-order valence-corrected chi connectivity index (χ2v) is 10.6. The molecule has 0 unspecified atom stereocenters. The Morgan fingerprint density at radius 1 is 0.815 bits per heavy atom. The van der Waals surface area contributed by atoms with Gasteiger partial charge in [0.25, 0.3) is 0 Å². The molecule has 2 heterocycles. The van der Waals surface area contributed by atoms with Gasteiger partial charge in [0.15, 0.2) is 0 Å². The fraction of sp³-hybridized carbons (Fsp3) is 1.00. The van der Waals surface area contributed by atoms with Gasteiger partial charge in [0.05, 0.1) is 6.10 Å². The molecule has 2 saturated heterocycles. The number of nitrogens with zero attached hydrogens (tertiary/aromatic N) is 2. The summed E-state index contributed by atoms with van der Waals surface area (Å²) in [6.45, 7) is 16.8. The molecule has 0 aromatic heterocycles. The van der Waals surface area contributed by atoms with Crippen LogP contribution in [0.3, 0.4) is 0 Å². The third kappa shape index (κ3) is 7.01. The summed E-state index contributed by atoms with van der Waals surface area (Å²) in [7, 11) is 0. The van der Waals surface area contributed by atoms with Gasteiger partial charge in [-0.05, 0) is 115 Å². The van der Waals surface area contributed by atoms with Crippen molar-refractivity contribution in [2.24, 2.45) is 23.7 Å². The van der Waals surface area contributed by atoms with Crippen molar-refractivity contribution in [3.63, 3.8) is 0 Å². The number of piperidine rings is 2. The first-order valence-electron chi connectivity index (χ1n) is 12.1. The Morgan fingerprint density at radius 2 is 1.44 bits per heavy atom. The predicted molar refractivity (Wildman–Crippen MR) is 115 cm³/mol. The van der Waals surface area contributed by atoms with Crippen LogP contribution in [0.2, 0.25) is 0 Å². The molecule has 0 atom stereocenters. The summed E-state index contributed by atoms with van der Waals surface area (Å²) in [5.41, 5.74) is 0. The van der Waals surface area contributed by atoms with Crippen LogP contribution in [-0.4, -0.2) is 61.3 Å². The summed E-state index contributed by atoms with van der Waals surface area (Å²) >= 11 is 0. The van der Waals surface area contributed by atoms with Crippen LogP contribution >= 0.6 is 0 Å². The fourth-order valence-electron chi connectivity index (χ4n) is 5.66. The topological polar surface area (TPSA) is 15.7 Å². The molecular formula is C24H46N2O. The van der Waals surface area contributed by atoms with Gasteiger partial charge in [-0.3, -0.25) is 0 Å². The van der Waals surface area contributed by atoms with E-state index in [0.717, 1.165) is 36.3 Å². The first kappa shape index (κ1) is 21.6. The van der Waals surface area contributed by atoms with E-state index in [1.807, 2.05) is 0 Å². The molecular weight excluding hydrogens is 332 g/mol. The highest BCUT2D eigenvalue weighted by molar-refractivity contribution is 4.91. The SMILES string of the molecule is CC(C)CC1CCN(C2CC(CN3CCC(CCOC(C)C)CC3)C2)CC1. The van der Waals surface area contributed by atoms with Crippen LogP contribution < -0.4 is 0 Å². The average Bonchev–Trinajstić information content (AvgIpc) is 2.59. The molecule has 0 N–H and O–H groups in total. The second-order valence-electron chi connectivity index (χ2n) is 10.6. The first-order chi connectivity index (χ1) is 13.0. The molecule has 1 aliphatic carbocycles. The van der Waals surface area contributed by atoms with E-state index in [-0.39, 0.29) is 0 Å². The Morgan fingerprint density at radius 3 is 2.04 bits per heavy atom.